The Labute approximate surface area is 135 Å². The zero-order valence-electron chi connectivity index (χ0n) is 13.3. The summed E-state index contributed by atoms with van der Waals surface area (Å²) in [6, 6.07) is 9.74. The van der Waals surface area contributed by atoms with Crippen molar-refractivity contribution in [3.8, 4) is 5.69 Å². The molecule has 1 aromatic heterocycles. The normalized spacial score (nSPS) is 21.7. The first kappa shape index (κ1) is 15.4. The molecule has 23 heavy (non-hydrogen) atoms. The number of carbonyl (C=O) groups is 1. The molecule has 1 saturated heterocycles. The van der Waals surface area contributed by atoms with Crippen LogP contribution in [0, 0.1) is 0 Å². The van der Waals surface area contributed by atoms with Crippen LogP contribution in [0.5, 0.6) is 0 Å². The second-order valence-corrected chi connectivity index (χ2v) is 5.71. The minimum atomic E-state index is -0.0260. The van der Waals surface area contributed by atoms with E-state index in [0.29, 0.717) is 18.8 Å². The van der Waals surface area contributed by atoms with Crippen molar-refractivity contribution >= 4 is 12.0 Å². The van der Waals surface area contributed by atoms with Crippen molar-refractivity contribution in [3.05, 3.63) is 48.3 Å². The summed E-state index contributed by atoms with van der Waals surface area (Å²) in [4.78, 5) is 15.7. The molecule has 0 unspecified atom stereocenters. The van der Waals surface area contributed by atoms with Crippen molar-refractivity contribution in [1.82, 2.24) is 19.9 Å². The first-order valence-electron chi connectivity index (χ1n) is 7.71. The van der Waals surface area contributed by atoms with E-state index in [1.165, 1.54) is 0 Å². The molecule has 2 heterocycles. The number of aromatic nitrogens is 3. The van der Waals surface area contributed by atoms with Gasteiger partial charge in [-0.05, 0) is 32.1 Å². The molecule has 0 spiro atoms. The number of amides is 1. The highest BCUT2D eigenvalue weighted by Crippen LogP contribution is 2.12. The molecule has 2 aromatic rings. The lowest BCUT2D eigenvalue weighted by Gasteiger charge is -2.36. The summed E-state index contributed by atoms with van der Waals surface area (Å²) < 4.78 is 5.54. The van der Waals surface area contributed by atoms with Gasteiger partial charge in [0.2, 0.25) is 5.91 Å². The van der Waals surface area contributed by atoms with Crippen LogP contribution in [0.15, 0.2) is 42.6 Å². The lowest BCUT2D eigenvalue weighted by molar-refractivity contribution is -0.137. The molecule has 0 radical (unpaired) electrons. The number of rotatable bonds is 3. The first-order valence-corrected chi connectivity index (χ1v) is 7.71. The van der Waals surface area contributed by atoms with Crippen molar-refractivity contribution in [2.75, 3.05) is 13.2 Å². The third-order valence-electron chi connectivity index (χ3n) is 3.78. The molecule has 1 fully saturated rings. The predicted molar refractivity (Wildman–Crippen MR) is 87.0 cm³/mol. The summed E-state index contributed by atoms with van der Waals surface area (Å²) in [5.74, 6) is -0.0260. The topological polar surface area (TPSA) is 60.2 Å². The molecule has 3 rings (SSSR count). The summed E-state index contributed by atoms with van der Waals surface area (Å²) in [6.45, 7) is 5.15. The molecule has 2 atom stereocenters. The smallest absolute Gasteiger partial charge is 0.247 e. The number of para-hydroxylation sites is 1. The van der Waals surface area contributed by atoms with Crippen LogP contribution in [0.1, 0.15) is 19.5 Å². The first-order chi connectivity index (χ1) is 11.1. The Hall–Kier alpha value is -2.47. The monoisotopic (exact) mass is 312 g/mol. The van der Waals surface area contributed by atoms with Crippen LogP contribution < -0.4 is 0 Å². The Bertz CT molecular complexity index is 696. The summed E-state index contributed by atoms with van der Waals surface area (Å²) >= 11 is 0. The maximum absolute atomic E-state index is 12.3. The van der Waals surface area contributed by atoms with Gasteiger partial charge in [0.15, 0.2) is 0 Å². The lowest BCUT2D eigenvalue weighted by atomic mass is 10.2. The fourth-order valence-corrected chi connectivity index (χ4v) is 2.50. The van der Waals surface area contributed by atoms with Crippen molar-refractivity contribution < 1.29 is 9.53 Å². The van der Waals surface area contributed by atoms with E-state index in [1.54, 1.807) is 23.1 Å². The summed E-state index contributed by atoms with van der Waals surface area (Å²) in [7, 11) is 0. The minimum Gasteiger partial charge on any atom is -0.375 e. The van der Waals surface area contributed by atoms with Crippen molar-refractivity contribution in [2.45, 2.75) is 26.0 Å². The van der Waals surface area contributed by atoms with Crippen LogP contribution in [-0.2, 0) is 9.53 Å². The van der Waals surface area contributed by atoms with Crippen LogP contribution in [0.2, 0.25) is 0 Å². The van der Waals surface area contributed by atoms with Gasteiger partial charge < -0.3 is 9.64 Å². The zero-order valence-corrected chi connectivity index (χ0v) is 13.3. The predicted octanol–water partition coefficient (Wildman–Crippen LogP) is 1.92. The van der Waals surface area contributed by atoms with E-state index in [2.05, 4.69) is 10.2 Å². The van der Waals surface area contributed by atoms with Gasteiger partial charge in [0.05, 0.1) is 30.6 Å². The molecule has 0 saturated carbocycles. The average molecular weight is 312 g/mol. The third-order valence-corrected chi connectivity index (χ3v) is 3.78. The molecule has 6 nitrogen and oxygen atoms in total. The van der Waals surface area contributed by atoms with E-state index in [9.17, 15) is 4.79 Å². The summed E-state index contributed by atoms with van der Waals surface area (Å²) in [5, 5.41) is 8.57. The van der Waals surface area contributed by atoms with Gasteiger partial charge in [-0.25, -0.2) is 0 Å². The average Bonchev–Trinajstić information content (AvgIpc) is 3.05. The number of carbonyl (C=O) groups excluding carboxylic acids is 1. The van der Waals surface area contributed by atoms with Gasteiger partial charge in [0.1, 0.15) is 5.69 Å². The van der Waals surface area contributed by atoms with Crippen LogP contribution >= 0.6 is 0 Å². The second kappa shape index (κ2) is 6.75. The molecule has 6 heteroatoms. The highest BCUT2D eigenvalue weighted by atomic mass is 16.5. The van der Waals surface area contributed by atoms with Crippen LogP contribution in [-0.4, -0.2) is 51.1 Å². The number of morpholine rings is 1. The highest BCUT2D eigenvalue weighted by molar-refractivity contribution is 5.91. The third kappa shape index (κ3) is 3.65. The largest absolute Gasteiger partial charge is 0.375 e. The number of ether oxygens (including phenoxy) is 1. The fourth-order valence-electron chi connectivity index (χ4n) is 2.50. The molecular weight excluding hydrogens is 292 g/mol. The van der Waals surface area contributed by atoms with E-state index in [-0.39, 0.29) is 18.1 Å². The molecule has 1 aliphatic heterocycles. The van der Waals surface area contributed by atoms with Crippen LogP contribution in [0.4, 0.5) is 0 Å². The number of nitrogens with zero attached hydrogens (tertiary/aromatic N) is 4. The molecule has 1 aromatic carbocycles. The molecular formula is C17H20N4O2. The standard InChI is InChI=1S/C17H20N4O2/c1-13-12-23-14(2)11-20(13)17(22)9-8-15-10-18-21(19-15)16-6-4-3-5-7-16/h3-10,13-14H,11-12H2,1-2H3/b9-8+/t13-,14+/m0/s1. The number of benzene rings is 1. The highest BCUT2D eigenvalue weighted by Gasteiger charge is 2.25. The van der Waals surface area contributed by atoms with E-state index < -0.39 is 0 Å². The van der Waals surface area contributed by atoms with E-state index in [0.717, 1.165) is 5.69 Å². The van der Waals surface area contributed by atoms with Gasteiger partial charge in [0, 0.05) is 12.6 Å². The minimum absolute atomic E-state index is 0.0260. The number of hydrogen-bond acceptors (Lipinski definition) is 4. The lowest BCUT2D eigenvalue weighted by Crippen LogP contribution is -2.49. The van der Waals surface area contributed by atoms with E-state index in [1.807, 2.05) is 49.1 Å². The van der Waals surface area contributed by atoms with Crippen LogP contribution in [0.3, 0.4) is 0 Å². The van der Waals surface area contributed by atoms with Gasteiger partial charge >= 0.3 is 0 Å². The maximum Gasteiger partial charge on any atom is 0.247 e. The SMILES string of the molecule is C[C@@H]1CN(C(=O)/C=C/c2cnn(-c3ccccc3)n2)[C@@H](C)CO1. The molecule has 0 N–H and O–H groups in total. The molecule has 120 valence electrons. The molecule has 0 aliphatic carbocycles. The van der Waals surface area contributed by atoms with Crippen molar-refractivity contribution in [1.29, 1.82) is 0 Å². The van der Waals surface area contributed by atoms with Crippen molar-refractivity contribution in [3.63, 3.8) is 0 Å². The second-order valence-electron chi connectivity index (χ2n) is 5.71. The van der Waals surface area contributed by atoms with Gasteiger partial charge in [-0.2, -0.15) is 9.90 Å². The van der Waals surface area contributed by atoms with E-state index >= 15 is 0 Å². The van der Waals surface area contributed by atoms with Gasteiger partial charge in [-0.1, -0.05) is 18.2 Å². The van der Waals surface area contributed by atoms with E-state index in [4.69, 9.17) is 4.74 Å². The molecule has 0 bridgehead atoms. The summed E-state index contributed by atoms with van der Waals surface area (Å²) in [6.07, 6.45) is 4.96. The summed E-state index contributed by atoms with van der Waals surface area (Å²) in [5.41, 5.74) is 1.53. The van der Waals surface area contributed by atoms with Gasteiger partial charge in [-0.15, -0.1) is 5.10 Å². The Morgan fingerprint density at radius 3 is 2.87 bits per heavy atom. The number of hydrogen-bond donors (Lipinski definition) is 0. The Morgan fingerprint density at radius 2 is 2.09 bits per heavy atom. The Morgan fingerprint density at radius 1 is 1.30 bits per heavy atom. The maximum atomic E-state index is 12.3. The fraction of sp³-hybridized carbons (Fsp3) is 0.353. The van der Waals surface area contributed by atoms with Crippen LogP contribution in [0.25, 0.3) is 11.8 Å². The zero-order chi connectivity index (χ0) is 16.2. The van der Waals surface area contributed by atoms with Crippen molar-refractivity contribution in [2.24, 2.45) is 0 Å². The quantitative estimate of drug-likeness (QED) is 0.812. The van der Waals surface area contributed by atoms with Gasteiger partial charge in [0.25, 0.3) is 0 Å². The Kier molecular flexibility index (Phi) is 4.52. The van der Waals surface area contributed by atoms with Gasteiger partial charge in [-0.3, -0.25) is 4.79 Å². The molecule has 1 aliphatic rings. The Balaban J connectivity index is 1.68. The molecule has 1 amide bonds.